The number of benzene rings is 2. The van der Waals surface area contributed by atoms with Crippen LogP contribution in [0.15, 0.2) is 42.5 Å². The zero-order valence-electron chi connectivity index (χ0n) is 20.4. The van der Waals surface area contributed by atoms with Crippen molar-refractivity contribution in [1.29, 1.82) is 0 Å². The van der Waals surface area contributed by atoms with Gasteiger partial charge in [0.1, 0.15) is 12.7 Å². The second-order valence-electron chi connectivity index (χ2n) is 9.04. The Balaban J connectivity index is 1.83. The van der Waals surface area contributed by atoms with Gasteiger partial charge in [-0.3, -0.25) is 0 Å². The molecule has 0 saturated carbocycles. The fourth-order valence-corrected chi connectivity index (χ4v) is 4.55. The molecule has 4 rings (SSSR count). The third-order valence-electron chi connectivity index (χ3n) is 6.83. The van der Waals surface area contributed by atoms with E-state index < -0.39 is 47.1 Å². The molecule has 1 aliphatic heterocycles. The Morgan fingerprint density at radius 2 is 1.76 bits per heavy atom. The van der Waals surface area contributed by atoms with Crippen LogP contribution < -0.4 is 9.47 Å². The molecule has 0 radical (unpaired) electrons. The Kier molecular flexibility index (Phi) is 7.02. The molecule has 0 bridgehead atoms. The molecule has 1 fully saturated rings. The number of hydrogen-bond acceptors (Lipinski definition) is 6. The highest BCUT2D eigenvalue weighted by molar-refractivity contribution is 5.42. The first-order chi connectivity index (χ1) is 17.4. The molecular formula is C26H25F5N2O4. The largest absolute Gasteiger partial charge is 0.502 e. The summed E-state index contributed by atoms with van der Waals surface area (Å²) in [6.07, 6.45) is -6.28. The van der Waals surface area contributed by atoms with E-state index in [0.29, 0.717) is 0 Å². The maximum absolute atomic E-state index is 14.6. The average molecular weight is 524 g/mol. The van der Waals surface area contributed by atoms with Crippen molar-refractivity contribution in [3.05, 3.63) is 76.7 Å². The highest BCUT2D eigenvalue weighted by Crippen LogP contribution is 2.59. The molecule has 198 valence electrons. The molecule has 2 aromatic carbocycles. The number of aromatic hydroxyl groups is 1. The first kappa shape index (κ1) is 26.6. The van der Waals surface area contributed by atoms with Gasteiger partial charge in [0.25, 0.3) is 5.88 Å². The number of methoxy groups -OCH3 is 1. The molecule has 0 amide bonds. The van der Waals surface area contributed by atoms with E-state index in [-0.39, 0.29) is 35.3 Å². The van der Waals surface area contributed by atoms with E-state index in [1.165, 1.54) is 13.8 Å². The van der Waals surface area contributed by atoms with Crippen LogP contribution in [0.2, 0.25) is 0 Å². The van der Waals surface area contributed by atoms with Gasteiger partial charge in [0.15, 0.2) is 28.7 Å². The zero-order chi connectivity index (χ0) is 27.1. The molecule has 3 aromatic rings. The van der Waals surface area contributed by atoms with Crippen LogP contribution in [0.25, 0.3) is 0 Å². The van der Waals surface area contributed by atoms with Gasteiger partial charge in [0.2, 0.25) is 5.82 Å². The average Bonchev–Trinajstić information content (AvgIpc) is 3.13. The lowest BCUT2D eigenvalue weighted by Crippen LogP contribution is -2.46. The first-order valence-electron chi connectivity index (χ1n) is 11.4. The van der Waals surface area contributed by atoms with Gasteiger partial charge in [-0.2, -0.15) is 22.5 Å². The molecule has 1 aliphatic rings. The van der Waals surface area contributed by atoms with Crippen LogP contribution in [-0.2, 0) is 11.3 Å². The topological polar surface area (TPSA) is 73.7 Å². The van der Waals surface area contributed by atoms with Gasteiger partial charge in [-0.05, 0) is 25.5 Å². The molecule has 1 saturated heterocycles. The lowest BCUT2D eigenvalue weighted by molar-refractivity contribution is -0.275. The van der Waals surface area contributed by atoms with E-state index >= 15 is 0 Å². The summed E-state index contributed by atoms with van der Waals surface area (Å²) in [5.74, 6) is -6.41. The van der Waals surface area contributed by atoms with E-state index in [1.54, 1.807) is 24.3 Å². The quantitative estimate of drug-likeness (QED) is 0.389. The van der Waals surface area contributed by atoms with Gasteiger partial charge in [0.05, 0.1) is 12.8 Å². The molecule has 0 spiro atoms. The molecule has 4 atom stereocenters. The fraction of sp³-hybridized carbons (Fsp3) is 0.385. The van der Waals surface area contributed by atoms with E-state index in [0.717, 1.165) is 31.7 Å². The van der Waals surface area contributed by atoms with Gasteiger partial charge in [-0.15, -0.1) is 0 Å². The Morgan fingerprint density at radius 3 is 2.38 bits per heavy atom. The third-order valence-corrected chi connectivity index (χ3v) is 6.83. The Labute approximate surface area is 210 Å². The lowest BCUT2D eigenvalue weighted by Gasteiger charge is -2.32. The predicted octanol–water partition coefficient (Wildman–Crippen LogP) is 6.17. The Morgan fingerprint density at radius 1 is 1.08 bits per heavy atom. The summed E-state index contributed by atoms with van der Waals surface area (Å²) in [4.78, 5) is 8.38. The monoisotopic (exact) mass is 524 g/mol. The highest BCUT2D eigenvalue weighted by atomic mass is 19.4. The van der Waals surface area contributed by atoms with Crippen molar-refractivity contribution in [3.8, 4) is 17.4 Å². The van der Waals surface area contributed by atoms with Crippen LogP contribution in [0.3, 0.4) is 0 Å². The molecule has 0 unspecified atom stereocenters. The molecule has 1 N–H and O–H groups in total. The summed E-state index contributed by atoms with van der Waals surface area (Å²) < 4.78 is 87.5. The standard InChI is InChI=1S/C26H25F5N2O4/c1-13-18(16-10-11-17(27)19(28)21(16)35-4)22(37-25(13,3)26(29,30)31)23-32-14(2)20(34)24(33-23)36-12-15-8-6-5-7-9-15/h5-11,13,18,22,34H,12H2,1-4H3/t13-,18-,22+,25+/m0/s1. The van der Waals surface area contributed by atoms with Crippen molar-refractivity contribution in [3.63, 3.8) is 0 Å². The second-order valence-corrected chi connectivity index (χ2v) is 9.04. The van der Waals surface area contributed by atoms with Crippen LogP contribution in [0, 0.1) is 24.5 Å². The molecular weight excluding hydrogens is 499 g/mol. The third kappa shape index (κ3) is 4.68. The van der Waals surface area contributed by atoms with Gasteiger partial charge in [-0.25, -0.2) is 9.37 Å². The first-order valence-corrected chi connectivity index (χ1v) is 11.4. The molecule has 1 aromatic heterocycles. The van der Waals surface area contributed by atoms with Gasteiger partial charge >= 0.3 is 6.18 Å². The number of halogens is 5. The SMILES string of the molecule is COc1c([C@H]2[C@H](c3nc(C)c(O)c(OCc4ccccc4)n3)O[C@@](C)(C(F)(F)F)[C@H]2C)ccc(F)c1F. The zero-order valence-corrected chi connectivity index (χ0v) is 20.4. The van der Waals surface area contributed by atoms with Crippen molar-refractivity contribution >= 4 is 0 Å². The van der Waals surface area contributed by atoms with Crippen LogP contribution in [0.4, 0.5) is 22.0 Å². The molecule has 37 heavy (non-hydrogen) atoms. The summed E-state index contributed by atoms with van der Waals surface area (Å²) in [5.41, 5.74) is -1.91. The molecule has 2 heterocycles. The number of aryl methyl sites for hydroxylation is 1. The second kappa shape index (κ2) is 9.77. The van der Waals surface area contributed by atoms with E-state index in [4.69, 9.17) is 14.2 Å². The van der Waals surface area contributed by atoms with Crippen LogP contribution in [0.1, 0.15) is 48.5 Å². The normalized spacial score (nSPS) is 23.8. The van der Waals surface area contributed by atoms with Crippen LogP contribution in [0.5, 0.6) is 17.4 Å². The summed E-state index contributed by atoms with van der Waals surface area (Å²) in [6, 6.07) is 11.0. The lowest BCUT2D eigenvalue weighted by atomic mass is 9.77. The van der Waals surface area contributed by atoms with Crippen molar-refractivity contribution < 1.29 is 41.3 Å². The van der Waals surface area contributed by atoms with Gasteiger partial charge in [-0.1, -0.05) is 43.3 Å². The Bertz CT molecular complexity index is 1290. The van der Waals surface area contributed by atoms with Gasteiger partial charge in [0, 0.05) is 17.4 Å². The predicted molar refractivity (Wildman–Crippen MR) is 122 cm³/mol. The number of aromatic nitrogens is 2. The maximum atomic E-state index is 14.6. The molecule has 11 heteroatoms. The van der Waals surface area contributed by atoms with Crippen molar-refractivity contribution in [2.45, 2.75) is 51.2 Å². The van der Waals surface area contributed by atoms with E-state index in [9.17, 15) is 27.1 Å². The van der Waals surface area contributed by atoms with E-state index in [1.807, 2.05) is 6.07 Å². The summed E-state index contributed by atoms with van der Waals surface area (Å²) in [7, 11) is 1.09. The number of hydrogen-bond donors (Lipinski definition) is 1. The molecule has 0 aliphatic carbocycles. The number of nitrogens with zero attached hydrogens (tertiary/aromatic N) is 2. The van der Waals surface area contributed by atoms with Crippen LogP contribution in [-0.4, -0.2) is 34.0 Å². The minimum atomic E-state index is -4.82. The van der Waals surface area contributed by atoms with Crippen molar-refractivity contribution in [1.82, 2.24) is 9.97 Å². The minimum Gasteiger partial charge on any atom is -0.502 e. The van der Waals surface area contributed by atoms with Crippen molar-refractivity contribution in [2.75, 3.05) is 7.11 Å². The van der Waals surface area contributed by atoms with E-state index in [2.05, 4.69) is 9.97 Å². The Hall–Kier alpha value is -3.47. The number of rotatable bonds is 6. The van der Waals surface area contributed by atoms with Crippen molar-refractivity contribution in [2.24, 2.45) is 5.92 Å². The summed E-state index contributed by atoms with van der Waals surface area (Å²) >= 11 is 0. The van der Waals surface area contributed by atoms with Crippen LogP contribution >= 0.6 is 0 Å². The highest BCUT2D eigenvalue weighted by Gasteiger charge is 2.65. The maximum Gasteiger partial charge on any atom is 0.417 e. The number of alkyl halides is 3. The number of ether oxygens (including phenoxy) is 3. The summed E-state index contributed by atoms with van der Waals surface area (Å²) in [6.45, 7) is 3.65. The van der Waals surface area contributed by atoms with Gasteiger partial charge < -0.3 is 19.3 Å². The fourth-order valence-electron chi connectivity index (χ4n) is 4.55. The smallest absolute Gasteiger partial charge is 0.417 e. The minimum absolute atomic E-state index is 0.0207. The molecule has 6 nitrogen and oxygen atoms in total. The summed E-state index contributed by atoms with van der Waals surface area (Å²) in [5, 5.41) is 10.5.